The molecule has 2 rings (SSSR count). The van der Waals surface area contributed by atoms with Crippen LogP contribution in [0.4, 0.5) is 5.69 Å². The van der Waals surface area contributed by atoms with Crippen LogP contribution < -0.4 is 10.6 Å². The summed E-state index contributed by atoms with van der Waals surface area (Å²) in [4.78, 5) is 23.3. The molecule has 0 aliphatic heterocycles. The van der Waals surface area contributed by atoms with Crippen molar-refractivity contribution >= 4 is 17.5 Å². The number of rotatable bonds is 7. The molecule has 2 aromatic carbocycles. The van der Waals surface area contributed by atoms with E-state index in [4.69, 9.17) is 0 Å². The summed E-state index contributed by atoms with van der Waals surface area (Å²) >= 11 is 0. The van der Waals surface area contributed by atoms with Crippen molar-refractivity contribution in [3.8, 4) is 0 Å². The quantitative estimate of drug-likeness (QED) is 0.782. The zero-order valence-electron chi connectivity index (χ0n) is 16.0. The highest BCUT2D eigenvalue weighted by Crippen LogP contribution is 2.16. The lowest BCUT2D eigenvalue weighted by Crippen LogP contribution is -2.28. The molecule has 4 nitrogen and oxygen atoms in total. The van der Waals surface area contributed by atoms with Crippen molar-refractivity contribution in [3.05, 3.63) is 65.2 Å². The predicted octanol–water partition coefficient (Wildman–Crippen LogP) is 4.26. The number of hydrogen-bond acceptors (Lipinski definition) is 2. The summed E-state index contributed by atoms with van der Waals surface area (Å²) in [5.41, 5.74) is 4.07. The van der Waals surface area contributed by atoms with Gasteiger partial charge in [0.1, 0.15) is 0 Å². The second kappa shape index (κ2) is 9.18. The second-order valence-corrected chi connectivity index (χ2v) is 7.18. The molecule has 0 aliphatic rings. The average Bonchev–Trinajstić information content (AvgIpc) is 2.56. The molecule has 0 unspecified atom stereocenters. The molecule has 2 amide bonds. The van der Waals surface area contributed by atoms with Gasteiger partial charge in [-0.15, -0.1) is 0 Å². The Balaban J connectivity index is 1.89. The molecule has 0 aliphatic carbocycles. The Hall–Kier alpha value is -2.62. The first-order valence-corrected chi connectivity index (χ1v) is 9.08. The fourth-order valence-electron chi connectivity index (χ4n) is 2.88. The van der Waals surface area contributed by atoms with Gasteiger partial charge in [-0.25, -0.2) is 0 Å². The van der Waals surface area contributed by atoms with Crippen molar-refractivity contribution in [2.24, 2.45) is 5.92 Å². The van der Waals surface area contributed by atoms with Gasteiger partial charge >= 0.3 is 0 Å². The van der Waals surface area contributed by atoms with Gasteiger partial charge in [0.05, 0.1) is 12.5 Å². The first-order valence-electron chi connectivity index (χ1n) is 9.08. The highest BCUT2D eigenvalue weighted by molar-refractivity contribution is 5.88. The van der Waals surface area contributed by atoms with Gasteiger partial charge in [0.2, 0.25) is 11.8 Å². The van der Waals surface area contributed by atoms with Crippen LogP contribution in [-0.2, 0) is 22.4 Å². The van der Waals surface area contributed by atoms with Gasteiger partial charge in [0.25, 0.3) is 0 Å². The van der Waals surface area contributed by atoms with Crippen LogP contribution in [0.15, 0.2) is 48.5 Å². The van der Waals surface area contributed by atoms with Crippen molar-refractivity contribution in [2.45, 2.75) is 46.6 Å². The molecule has 0 saturated heterocycles. The summed E-state index contributed by atoms with van der Waals surface area (Å²) < 4.78 is 0. The third-order valence-corrected chi connectivity index (χ3v) is 4.14. The van der Waals surface area contributed by atoms with Crippen molar-refractivity contribution in [1.29, 1.82) is 0 Å². The third kappa shape index (κ3) is 6.36. The van der Waals surface area contributed by atoms with E-state index in [2.05, 4.69) is 48.7 Å². The van der Waals surface area contributed by atoms with Gasteiger partial charge in [-0.05, 0) is 48.1 Å². The van der Waals surface area contributed by atoms with Crippen LogP contribution in [0.1, 0.15) is 50.4 Å². The molecule has 26 heavy (non-hydrogen) atoms. The Morgan fingerprint density at radius 2 is 1.46 bits per heavy atom. The third-order valence-electron chi connectivity index (χ3n) is 4.14. The largest absolute Gasteiger partial charge is 0.349 e. The SMILES string of the molecule is CC(=O)Nc1ccc(CC(=O)N[C@@H](C)c2ccc(CC(C)C)cc2)cc1. The summed E-state index contributed by atoms with van der Waals surface area (Å²) in [5.74, 6) is 0.509. The zero-order chi connectivity index (χ0) is 19.1. The van der Waals surface area contributed by atoms with Crippen LogP contribution in [0.3, 0.4) is 0 Å². The summed E-state index contributed by atoms with van der Waals surface area (Å²) in [7, 11) is 0. The maximum absolute atomic E-state index is 12.3. The minimum absolute atomic E-state index is 0.0176. The number of anilines is 1. The molecule has 0 bridgehead atoms. The maximum atomic E-state index is 12.3. The summed E-state index contributed by atoms with van der Waals surface area (Å²) in [6.45, 7) is 7.88. The summed E-state index contributed by atoms with van der Waals surface area (Å²) in [6.07, 6.45) is 1.38. The lowest BCUT2D eigenvalue weighted by molar-refractivity contribution is -0.121. The molecule has 0 fully saturated rings. The summed E-state index contributed by atoms with van der Waals surface area (Å²) in [6, 6.07) is 15.7. The number of benzene rings is 2. The van der Waals surface area contributed by atoms with Crippen LogP contribution in [0.25, 0.3) is 0 Å². The lowest BCUT2D eigenvalue weighted by atomic mass is 10.00. The molecule has 0 saturated carbocycles. The van der Waals surface area contributed by atoms with E-state index in [-0.39, 0.29) is 17.9 Å². The Bertz CT molecular complexity index is 734. The molecule has 2 aromatic rings. The molecule has 4 heteroatoms. The first-order chi connectivity index (χ1) is 12.3. The van der Waals surface area contributed by atoms with Gasteiger partial charge in [-0.2, -0.15) is 0 Å². The highest BCUT2D eigenvalue weighted by Gasteiger charge is 2.10. The molecular weight excluding hydrogens is 324 g/mol. The lowest BCUT2D eigenvalue weighted by Gasteiger charge is -2.15. The van der Waals surface area contributed by atoms with Gasteiger partial charge in [-0.1, -0.05) is 50.2 Å². The Kier molecular flexibility index (Phi) is 6.96. The molecule has 0 spiro atoms. The molecule has 0 heterocycles. The van der Waals surface area contributed by atoms with Crippen LogP contribution in [0.2, 0.25) is 0 Å². The Labute approximate surface area is 156 Å². The first kappa shape index (κ1) is 19.7. The van der Waals surface area contributed by atoms with Crippen LogP contribution in [-0.4, -0.2) is 11.8 Å². The topological polar surface area (TPSA) is 58.2 Å². The van der Waals surface area contributed by atoms with Crippen molar-refractivity contribution in [2.75, 3.05) is 5.32 Å². The number of amides is 2. The van der Waals surface area contributed by atoms with E-state index in [1.807, 2.05) is 19.1 Å². The smallest absolute Gasteiger partial charge is 0.224 e. The predicted molar refractivity (Wildman–Crippen MR) is 106 cm³/mol. The van der Waals surface area contributed by atoms with E-state index in [0.29, 0.717) is 12.3 Å². The molecule has 0 radical (unpaired) electrons. The average molecular weight is 352 g/mol. The minimum atomic E-state index is -0.108. The van der Waals surface area contributed by atoms with Gasteiger partial charge in [-0.3, -0.25) is 9.59 Å². The standard InChI is InChI=1S/C22H28N2O2/c1-15(2)13-18-5-9-20(10-6-18)16(3)23-22(26)14-19-7-11-21(12-8-19)24-17(4)25/h5-12,15-16H,13-14H2,1-4H3,(H,23,26)(H,24,25)/t16-/m0/s1. The highest BCUT2D eigenvalue weighted by atomic mass is 16.2. The van der Waals surface area contributed by atoms with E-state index in [9.17, 15) is 9.59 Å². The monoisotopic (exact) mass is 352 g/mol. The van der Waals surface area contributed by atoms with Crippen LogP contribution >= 0.6 is 0 Å². The number of carbonyl (C=O) groups excluding carboxylic acids is 2. The van der Waals surface area contributed by atoms with Crippen LogP contribution in [0.5, 0.6) is 0 Å². The molecule has 0 aromatic heterocycles. The van der Waals surface area contributed by atoms with Crippen LogP contribution in [0, 0.1) is 5.92 Å². The van der Waals surface area contributed by atoms with Gasteiger partial charge in [0, 0.05) is 12.6 Å². The Morgan fingerprint density at radius 1 is 0.885 bits per heavy atom. The molecular formula is C22H28N2O2. The number of hydrogen-bond donors (Lipinski definition) is 2. The van der Waals surface area contributed by atoms with Crippen molar-refractivity contribution < 1.29 is 9.59 Å². The van der Waals surface area contributed by atoms with E-state index >= 15 is 0 Å². The van der Waals surface area contributed by atoms with E-state index in [1.54, 1.807) is 12.1 Å². The molecule has 1 atom stereocenters. The second-order valence-electron chi connectivity index (χ2n) is 7.18. The minimum Gasteiger partial charge on any atom is -0.349 e. The van der Waals surface area contributed by atoms with E-state index in [1.165, 1.54) is 12.5 Å². The maximum Gasteiger partial charge on any atom is 0.224 e. The number of carbonyl (C=O) groups is 2. The van der Waals surface area contributed by atoms with Crippen molar-refractivity contribution in [1.82, 2.24) is 5.32 Å². The zero-order valence-corrected chi connectivity index (χ0v) is 16.0. The Morgan fingerprint density at radius 3 is 2.00 bits per heavy atom. The van der Waals surface area contributed by atoms with E-state index < -0.39 is 0 Å². The van der Waals surface area contributed by atoms with E-state index in [0.717, 1.165) is 23.2 Å². The van der Waals surface area contributed by atoms with Gasteiger partial charge < -0.3 is 10.6 Å². The number of nitrogens with one attached hydrogen (secondary N) is 2. The molecule has 2 N–H and O–H groups in total. The van der Waals surface area contributed by atoms with Gasteiger partial charge in [0.15, 0.2) is 0 Å². The normalized spacial score (nSPS) is 11.9. The van der Waals surface area contributed by atoms with Crippen molar-refractivity contribution in [3.63, 3.8) is 0 Å². The molecule has 138 valence electrons. The fraction of sp³-hybridized carbons (Fsp3) is 0.364. The summed E-state index contributed by atoms with van der Waals surface area (Å²) in [5, 5.41) is 5.76. The fourth-order valence-corrected chi connectivity index (χ4v) is 2.88.